The SMILES string of the molecule is c1ccc(-n2cccn2)c(CNC2CCCOCC2)c1. The molecule has 1 fully saturated rings. The molecule has 1 unspecified atom stereocenters. The monoisotopic (exact) mass is 271 g/mol. The van der Waals surface area contributed by atoms with Crippen LogP contribution >= 0.6 is 0 Å². The molecule has 0 radical (unpaired) electrons. The fourth-order valence-corrected chi connectivity index (χ4v) is 2.66. The van der Waals surface area contributed by atoms with Gasteiger partial charge in [0.25, 0.3) is 0 Å². The van der Waals surface area contributed by atoms with Crippen LogP contribution in [0, 0.1) is 0 Å². The van der Waals surface area contributed by atoms with Gasteiger partial charge in [0.1, 0.15) is 0 Å². The number of rotatable bonds is 4. The smallest absolute Gasteiger partial charge is 0.0690 e. The fourth-order valence-electron chi connectivity index (χ4n) is 2.66. The highest BCUT2D eigenvalue weighted by Crippen LogP contribution is 2.15. The quantitative estimate of drug-likeness (QED) is 0.928. The van der Waals surface area contributed by atoms with Gasteiger partial charge in [-0.25, -0.2) is 4.68 Å². The summed E-state index contributed by atoms with van der Waals surface area (Å²) in [6, 6.07) is 10.9. The van der Waals surface area contributed by atoms with E-state index < -0.39 is 0 Å². The van der Waals surface area contributed by atoms with Crippen LogP contribution in [-0.4, -0.2) is 29.0 Å². The van der Waals surface area contributed by atoms with Crippen molar-refractivity contribution in [2.75, 3.05) is 13.2 Å². The Morgan fingerprint density at radius 1 is 1.20 bits per heavy atom. The number of nitrogens with zero attached hydrogens (tertiary/aromatic N) is 2. The molecule has 20 heavy (non-hydrogen) atoms. The van der Waals surface area contributed by atoms with Crippen LogP contribution in [-0.2, 0) is 11.3 Å². The zero-order chi connectivity index (χ0) is 13.6. The van der Waals surface area contributed by atoms with Crippen LogP contribution in [0.1, 0.15) is 24.8 Å². The van der Waals surface area contributed by atoms with Crippen LogP contribution in [0.25, 0.3) is 5.69 Å². The van der Waals surface area contributed by atoms with Crippen molar-refractivity contribution in [3.63, 3.8) is 0 Å². The van der Waals surface area contributed by atoms with Gasteiger partial charge in [0.05, 0.1) is 5.69 Å². The van der Waals surface area contributed by atoms with E-state index in [0.29, 0.717) is 6.04 Å². The van der Waals surface area contributed by atoms with Crippen molar-refractivity contribution in [2.24, 2.45) is 0 Å². The lowest BCUT2D eigenvalue weighted by atomic mass is 10.1. The van der Waals surface area contributed by atoms with Gasteiger partial charge >= 0.3 is 0 Å². The van der Waals surface area contributed by atoms with Crippen molar-refractivity contribution in [1.29, 1.82) is 0 Å². The van der Waals surface area contributed by atoms with E-state index in [-0.39, 0.29) is 0 Å². The molecule has 2 heterocycles. The molecule has 1 aromatic heterocycles. The molecule has 1 saturated heterocycles. The number of ether oxygens (including phenoxy) is 1. The Balaban J connectivity index is 1.68. The first-order valence-corrected chi connectivity index (χ1v) is 7.32. The lowest BCUT2D eigenvalue weighted by Crippen LogP contribution is -2.29. The molecular formula is C16H21N3O. The summed E-state index contributed by atoms with van der Waals surface area (Å²) in [6.07, 6.45) is 7.25. The summed E-state index contributed by atoms with van der Waals surface area (Å²) in [4.78, 5) is 0. The molecule has 4 heteroatoms. The highest BCUT2D eigenvalue weighted by molar-refractivity contribution is 5.40. The van der Waals surface area contributed by atoms with E-state index in [2.05, 4.69) is 34.7 Å². The summed E-state index contributed by atoms with van der Waals surface area (Å²) in [7, 11) is 0. The van der Waals surface area contributed by atoms with E-state index in [1.165, 1.54) is 12.0 Å². The van der Waals surface area contributed by atoms with E-state index >= 15 is 0 Å². The molecule has 0 saturated carbocycles. The molecule has 1 N–H and O–H groups in total. The van der Waals surface area contributed by atoms with Crippen LogP contribution in [0.15, 0.2) is 42.7 Å². The molecule has 0 amide bonds. The first-order valence-electron chi connectivity index (χ1n) is 7.32. The minimum Gasteiger partial charge on any atom is -0.381 e. The topological polar surface area (TPSA) is 39.1 Å². The summed E-state index contributed by atoms with van der Waals surface area (Å²) >= 11 is 0. The molecule has 1 aliphatic rings. The predicted octanol–water partition coefficient (Wildman–Crippen LogP) is 2.53. The van der Waals surface area contributed by atoms with Gasteiger partial charge in [-0.1, -0.05) is 18.2 Å². The molecule has 1 aromatic carbocycles. The maximum absolute atomic E-state index is 5.51. The van der Waals surface area contributed by atoms with Gasteiger partial charge in [-0.3, -0.25) is 0 Å². The Morgan fingerprint density at radius 2 is 2.15 bits per heavy atom. The van der Waals surface area contributed by atoms with Crippen molar-refractivity contribution in [3.05, 3.63) is 48.3 Å². The number of hydrogen-bond acceptors (Lipinski definition) is 3. The van der Waals surface area contributed by atoms with Gasteiger partial charge in [-0.15, -0.1) is 0 Å². The average Bonchev–Trinajstić information content (AvgIpc) is 2.89. The molecule has 0 bridgehead atoms. The van der Waals surface area contributed by atoms with E-state index in [1.807, 2.05) is 23.1 Å². The normalized spacial score (nSPS) is 19.7. The third-order valence-electron chi connectivity index (χ3n) is 3.78. The van der Waals surface area contributed by atoms with Crippen LogP contribution < -0.4 is 5.32 Å². The highest BCUT2D eigenvalue weighted by atomic mass is 16.5. The Bertz CT molecular complexity index is 516. The maximum Gasteiger partial charge on any atom is 0.0690 e. The molecular weight excluding hydrogens is 250 g/mol. The fraction of sp³-hybridized carbons (Fsp3) is 0.438. The molecule has 106 valence electrons. The van der Waals surface area contributed by atoms with E-state index in [0.717, 1.165) is 38.3 Å². The Labute approximate surface area is 119 Å². The molecule has 3 rings (SSSR count). The molecule has 1 aliphatic heterocycles. The van der Waals surface area contributed by atoms with Crippen LogP contribution in [0.4, 0.5) is 0 Å². The van der Waals surface area contributed by atoms with Gasteiger partial charge in [-0.05, 0) is 37.0 Å². The zero-order valence-electron chi connectivity index (χ0n) is 11.7. The minimum absolute atomic E-state index is 0.558. The van der Waals surface area contributed by atoms with Crippen molar-refractivity contribution in [3.8, 4) is 5.69 Å². The Kier molecular flexibility index (Phi) is 4.46. The van der Waals surface area contributed by atoms with Gasteiger partial charge in [0.15, 0.2) is 0 Å². The van der Waals surface area contributed by atoms with Crippen molar-refractivity contribution >= 4 is 0 Å². The van der Waals surface area contributed by atoms with Gasteiger partial charge < -0.3 is 10.1 Å². The van der Waals surface area contributed by atoms with Crippen LogP contribution in [0.5, 0.6) is 0 Å². The average molecular weight is 271 g/mol. The molecule has 0 aliphatic carbocycles. The van der Waals surface area contributed by atoms with Gasteiger partial charge in [0, 0.05) is 38.2 Å². The largest absolute Gasteiger partial charge is 0.381 e. The molecule has 4 nitrogen and oxygen atoms in total. The minimum atomic E-state index is 0.558. The summed E-state index contributed by atoms with van der Waals surface area (Å²) < 4.78 is 7.43. The van der Waals surface area contributed by atoms with E-state index in [1.54, 1.807) is 0 Å². The maximum atomic E-state index is 5.51. The molecule has 0 spiro atoms. The highest BCUT2D eigenvalue weighted by Gasteiger charge is 2.12. The van der Waals surface area contributed by atoms with E-state index in [4.69, 9.17) is 4.74 Å². The summed E-state index contributed by atoms with van der Waals surface area (Å²) in [5, 5.41) is 7.98. The lowest BCUT2D eigenvalue weighted by Gasteiger charge is -2.17. The Hall–Kier alpha value is -1.65. The number of benzene rings is 1. The third kappa shape index (κ3) is 3.26. The predicted molar refractivity (Wildman–Crippen MR) is 78.9 cm³/mol. The van der Waals surface area contributed by atoms with Gasteiger partial charge in [-0.2, -0.15) is 5.10 Å². The second-order valence-corrected chi connectivity index (χ2v) is 5.20. The summed E-state index contributed by atoms with van der Waals surface area (Å²) in [6.45, 7) is 2.65. The van der Waals surface area contributed by atoms with Crippen molar-refractivity contribution < 1.29 is 4.74 Å². The number of aromatic nitrogens is 2. The number of nitrogens with one attached hydrogen (secondary N) is 1. The molecule has 1 atom stereocenters. The zero-order valence-corrected chi connectivity index (χ0v) is 11.7. The molecule has 2 aromatic rings. The third-order valence-corrected chi connectivity index (χ3v) is 3.78. The summed E-state index contributed by atoms with van der Waals surface area (Å²) in [5.41, 5.74) is 2.43. The van der Waals surface area contributed by atoms with Crippen molar-refractivity contribution in [1.82, 2.24) is 15.1 Å². The number of hydrogen-bond donors (Lipinski definition) is 1. The first kappa shape index (κ1) is 13.3. The van der Waals surface area contributed by atoms with Crippen LogP contribution in [0.3, 0.4) is 0 Å². The Morgan fingerprint density at radius 3 is 3.05 bits per heavy atom. The van der Waals surface area contributed by atoms with Crippen molar-refractivity contribution in [2.45, 2.75) is 31.8 Å². The van der Waals surface area contributed by atoms with Crippen LogP contribution in [0.2, 0.25) is 0 Å². The van der Waals surface area contributed by atoms with Gasteiger partial charge in [0.2, 0.25) is 0 Å². The lowest BCUT2D eigenvalue weighted by molar-refractivity contribution is 0.142. The standard InChI is InChI=1S/C16H21N3O/c1-2-7-16(19-10-4-9-18-19)14(5-1)13-17-15-6-3-11-20-12-8-15/h1-2,4-5,7,9-10,15,17H,3,6,8,11-13H2. The second kappa shape index (κ2) is 6.68. The number of para-hydroxylation sites is 1. The second-order valence-electron chi connectivity index (χ2n) is 5.20. The van der Waals surface area contributed by atoms with E-state index in [9.17, 15) is 0 Å². The first-order chi connectivity index (χ1) is 9.93. The summed E-state index contributed by atoms with van der Waals surface area (Å²) in [5.74, 6) is 0.